The average molecular weight is 270 g/mol. The summed E-state index contributed by atoms with van der Waals surface area (Å²) in [5, 5.41) is 3.42. The van der Waals surface area contributed by atoms with Gasteiger partial charge in [0.15, 0.2) is 0 Å². The molecule has 0 saturated heterocycles. The van der Waals surface area contributed by atoms with Crippen molar-refractivity contribution >= 4 is 32.9 Å². The van der Waals surface area contributed by atoms with Crippen LogP contribution in [0.5, 0.6) is 0 Å². The minimum Gasteiger partial charge on any atom is -0.395 e. The van der Waals surface area contributed by atoms with E-state index in [0.717, 1.165) is 15.9 Å². The molecular formula is C14H14N4S. The molecule has 0 aliphatic rings. The molecule has 4 nitrogen and oxygen atoms in total. The van der Waals surface area contributed by atoms with Crippen LogP contribution in [-0.2, 0) is 0 Å². The molecule has 0 aliphatic heterocycles. The molecule has 5 heteroatoms. The van der Waals surface area contributed by atoms with E-state index < -0.39 is 0 Å². The van der Waals surface area contributed by atoms with Crippen LogP contribution in [0.1, 0.15) is 18.5 Å². The molecular weight excluding hydrogens is 256 g/mol. The van der Waals surface area contributed by atoms with E-state index in [0.29, 0.717) is 5.69 Å². The number of benzene rings is 1. The van der Waals surface area contributed by atoms with Gasteiger partial charge in [0.25, 0.3) is 0 Å². The minimum atomic E-state index is 0.168. The first kappa shape index (κ1) is 11.9. The molecule has 0 bridgehead atoms. The molecule has 0 spiro atoms. The van der Waals surface area contributed by atoms with E-state index in [1.165, 1.54) is 5.56 Å². The summed E-state index contributed by atoms with van der Waals surface area (Å²) >= 11 is 1.60. The lowest BCUT2D eigenvalue weighted by atomic mass is 10.1. The second-order valence-corrected chi connectivity index (χ2v) is 5.26. The van der Waals surface area contributed by atoms with Gasteiger partial charge in [-0.15, -0.1) is 11.3 Å². The summed E-state index contributed by atoms with van der Waals surface area (Å²) in [5.41, 5.74) is 11.6. The van der Waals surface area contributed by atoms with Gasteiger partial charge >= 0.3 is 0 Å². The number of rotatable bonds is 3. The summed E-state index contributed by atoms with van der Waals surface area (Å²) in [6.07, 6.45) is 3.58. The van der Waals surface area contributed by atoms with E-state index in [1.807, 2.05) is 29.8 Å². The van der Waals surface area contributed by atoms with Crippen molar-refractivity contribution < 1.29 is 0 Å². The summed E-state index contributed by atoms with van der Waals surface area (Å²) in [4.78, 5) is 8.33. The van der Waals surface area contributed by atoms with E-state index in [-0.39, 0.29) is 6.04 Å². The SMILES string of the molecule is CC(Nc1ccc2scnc2c1N)c1ccncc1. The van der Waals surface area contributed by atoms with Crippen LogP contribution in [0.25, 0.3) is 10.2 Å². The van der Waals surface area contributed by atoms with Crippen molar-refractivity contribution in [1.29, 1.82) is 0 Å². The topological polar surface area (TPSA) is 63.8 Å². The maximum atomic E-state index is 6.16. The number of nitrogen functional groups attached to an aromatic ring is 1. The van der Waals surface area contributed by atoms with Gasteiger partial charge in [-0.2, -0.15) is 0 Å². The van der Waals surface area contributed by atoms with Crippen LogP contribution in [-0.4, -0.2) is 9.97 Å². The van der Waals surface area contributed by atoms with Gasteiger partial charge in [-0.1, -0.05) is 0 Å². The first-order valence-corrected chi connectivity index (χ1v) is 6.92. The summed E-state index contributed by atoms with van der Waals surface area (Å²) in [7, 11) is 0. The molecule has 96 valence electrons. The quantitative estimate of drug-likeness (QED) is 0.715. The fraction of sp³-hybridized carbons (Fsp3) is 0.143. The van der Waals surface area contributed by atoms with E-state index >= 15 is 0 Å². The van der Waals surface area contributed by atoms with Gasteiger partial charge in [-0.3, -0.25) is 4.98 Å². The van der Waals surface area contributed by atoms with Crippen LogP contribution < -0.4 is 11.1 Å². The van der Waals surface area contributed by atoms with Crippen molar-refractivity contribution in [3.63, 3.8) is 0 Å². The highest BCUT2D eigenvalue weighted by Crippen LogP contribution is 2.32. The molecule has 0 saturated carbocycles. The molecule has 2 heterocycles. The van der Waals surface area contributed by atoms with Gasteiger partial charge in [0.05, 0.1) is 21.6 Å². The molecule has 0 radical (unpaired) electrons. The maximum absolute atomic E-state index is 6.16. The second kappa shape index (κ2) is 4.85. The third-order valence-corrected chi connectivity index (χ3v) is 3.91. The Morgan fingerprint density at radius 3 is 2.79 bits per heavy atom. The van der Waals surface area contributed by atoms with Gasteiger partial charge in [0.1, 0.15) is 5.52 Å². The van der Waals surface area contributed by atoms with Crippen LogP contribution in [0, 0.1) is 0 Å². The van der Waals surface area contributed by atoms with E-state index in [4.69, 9.17) is 5.73 Å². The number of aromatic nitrogens is 2. The number of fused-ring (bicyclic) bond motifs is 1. The second-order valence-electron chi connectivity index (χ2n) is 4.37. The average Bonchev–Trinajstić information content (AvgIpc) is 2.92. The molecule has 3 rings (SSSR count). The van der Waals surface area contributed by atoms with Crippen molar-refractivity contribution in [3.8, 4) is 0 Å². The fourth-order valence-corrected chi connectivity index (χ4v) is 2.74. The molecule has 1 unspecified atom stereocenters. The van der Waals surface area contributed by atoms with Crippen molar-refractivity contribution in [3.05, 3.63) is 47.7 Å². The van der Waals surface area contributed by atoms with E-state index in [2.05, 4.69) is 22.2 Å². The largest absolute Gasteiger partial charge is 0.395 e. The Balaban J connectivity index is 1.91. The Morgan fingerprint density at radius 2 is 2.00 bits per heavy atom. The van der Waals surface area contributed by atoms with Gasteiger partial charge in [-0.05, 0) is 36.8 Å². The number of pyridine rings is 1. The number of thiazole rings is 1. The van der Waals surface area contributed by atoms with Crippen LogP contribution in [0.4, 0.5) is 11.4 Å². The van der Waals surface area contributed by atoms with Crippen molar-refractivity contribution in [2.75, 3.05) is 11.1 Å². The molecule has 0 amide bonds. The highest BCUT2D eigenvalue weighted by molar-refractivity contribution is 7.16. The minimum absolute atomic E-state index is 0.168. The first-order valence-electron chi connectivity index (χ1n) is 6.04. The fourth-order valence-electron chi connectivity index (χ4n) is 2.05. The van der Waals surface area contributed by atoms with Gasteiger partial charge in [-0.25, -0.2) is 4.98 Å². The summed E-state index contributed by atoms with van der Waals surface area (Å²) in [5.74, 6) is 0. The number of anilines is 2. The van der Waals surface area contributed by atoms with Crippen molar-refractivity contribution in [1.82, 2.24) is 9.97 Å². The lowest BCUT2D eigenvalue weighted by Gasteiger charge is -2.17. The Hall–Kier alpha value is -2.14. The molecule has 1 aromatic carbocycles. The lowest BCUT2D eigenvalue weighted by molar-refractivity contribution is 0.882. The molecule has 1 atom stereocenters. The molecule has 3 N–H and O–H groups in total. The van der Waals surface area contributed by atoms with Crippen LogP contribution >= 0.6 is 11.3 Å². The molecule has 0 aliphatic carbocycles. The first-order chi connectivity index (χ1) is 9.25. The zero-order chi connectivity index (χ0) is 13.2. The summed E-state index contributed by atoms with van der Waals surface area (Å²) in [6.45, 7) is 2.10. The lowest BCUT2D eigenvalue weighted by Crippen LogP contribution is -2.08. The normalized spacial score (nSPS) is 12.5. The highest BCUT2D eigenvalue weighted by atomic mass is 32.1. The summed E-state index contributed by atoms with van der Waals surface area (Å²) < 4.78 is 1.11. The van der Waals surface area contributed by atoms with E-state index in [1.54, 1.807) is 23.7 Å². The number of hydrogen-bond donors (Lipinski definition) is 2. The van der Waals surface area contributed by atoms with Gasteiger partial charge in [0, 0.05) is 18.4 Å². The zero-order valence-corrected chi connectivity index (χ0v) is 11.3. The monoisotopic (exact) mass is 270 g/mol. The van der Waals surface area contributed by atoms with Crippen LogP contribution in [0.3, 0.4) is 0 Å². The predicted octanol–water partition coefficient (Wildman–Crippen LogP) is 3.45. The van der Waals surface area contributed by atoms with Gasteiger partial charge in [0.2, 0.25) is 0 Å². The Labute approximate surface area is 115 Å². The van der Waals surface area contributed by atoms with Gasteiger partial charge < -0.3 is 11.1 Å². The Bertz CT molecular complexity index is 693. The number of nitrogens with zero attached hydrogens (tertiary/aromatic N) is 2. The molecule has 19 heavy (non-hydrogen) atoms. The molecule has 0 fully saturated rings. The predicted molar refractivity (Wildman–Crippen MR) is 80.3 cm³/mol. The Morgan fingerprint density at radius 1 is 1.21 bits per heavy atom. The van der Waals surface area contributed by atoms with E-state index in [9.17, 15) is 0 Å². The third kappa shape index (κ3) is 2.24. The summed E-state index contributed by atoms with van der Waals surface area (Å²) in [6, 6.07) is 8.21. The standard InChI is InChI=1S/C14H14N4S/c1-9(10-4-6-16-7-5-10)18-11-2-3-12-14(13(11)15)17-8-19-12/h2-9,18H,15H2,1H3. The Kier molecular flexibility index (Phi) is 3.05. The molecule has 2 aromatic heterocycles. The van der Waals surface area contributed by atoms with Crippen molar-refractivity contribution in [2.24, 2.45) is 0 Å². The number of nitrogens with two attached hydrogens (primary N) is 1. The maximum Gasteiger partial charge on any atom is 0.106 e. The zero-order valence-electron chi connectivity index (χ0n) is 10.5. The molecule has 3 aromatic rings. The number of hydrogen-bond acceptors (Lipinski definition) is 5. The number of nitrogens with one attached hydrogen (secondary N) is 1. The van der Waals surface area contributed by atoms with Crippen molar-refractivity contribution in [2.45, 2.75) is 13.0 Å². The smallest absolute Gasteiger partial charge is 0.106 e. The van der Waals surface area contributed by atoms with Crippen LogP contribution in [0.15, 0.2) is 42.2 Å². The highest BCUT2D eigenvalue weighted by Gasteiger charge is 2.10. The van der Waals surface area contributed by atoms with Crippen LogP contribution in [0.2, 0.25) is 0 Å². The third-order valence-electron chi connectivity index (χ3n) is 3.12.